The molecule has 0 bridgehead atoms. The molecule has 1 unspecified atom stereocenters. The first-order chi connectivity index (χ1) is 9.11. The minimum Gasteiger partial charge on any atom is -0.324 e. The molecular formula is C17H20FN. The first kappa shape index (κ1) is 13.8. The summed E-state index contributed by atoms with van der Waals surface area (Å²) in [6, 6.07) is 13.0. The van der Waals surface area contributed by atoms with Crippen molar-refractivity contribution in [3.63, 3.8) is 0 Å². The van der Waals surface area contributed by atoms with Crippen molar-refractivity contribution in [2.24, 2.45) is 5.73 Å². The van der Waals surface area contributed by atoms with Gasteiger partial charge in [-0.1, -0.05) is 43.7 Å². The zero-order valence-electron chi connectivity index (χ0n) is 11.5. The quantitative estimate of drug-likeness (QED) is 0.859. The van der Waals surface area contributed by atoms with Crippen molar-refractivity contribution in [1.29, 1.82) is 0 Å². The van der Waals surface area contributed by atoms with Gasteiger partial charge in [0, 0.05) is 6.04 Å². The SMILES string of the molecule is CCCc1ccc(-c2cc(F)ccc2C(C)N)cc1. The van der Waals surface area contributed by atoms with E-state index in [0.717, 1.165) is 29.5 Å². The molecule has 0 aliphatic heterocycles. The van der Waals surface area contributed by atoms with Crippen molar-refractivity contribution in [2.75, 3.05) is 0 Å². The van der Waals surface area contributed by atoms with Crippen LogP contribution in [0, 0.1) is 5.82 Å². The number of rotatable bonds is 4. The van der Waals surface area contributed by atoms with Crippen LogP contribution in [0.25, 0.3) is 11.1 Å². The molecule has 0 radical (unpaired) electrons. The van der Waals surface area contributed by atoms with E-state index >= 15 is 0 Å². The zero-order chi connectivity index (χ0) is 13.8. The van der Waals surface area contributed by atoms with E-state index in [1.54, 1.807) is 12.1 Å². The fourth-order valence-corrected chi connectivity index (χ4v) is 2.32. The number of benzene rings is 2. The molecule has 100 valence electrons. The van der Waals surface area contributed by atoms with Gasteiger partial charge in [-0.3, -0.25) is 0 Å². The third kappa shape index (κ3) is 3.21. The van der Waals surface area contributed by atoms with E-state index < -0.39 is 0 Å². The summed E-state index contributed by atoms with van der Waals surface area (Å²) in [7, 11) is 0. The first-order valence-corrected chi connectivity index (χ1v) is 6.76. The van der Waals surface area contributed by atoms with Crippen LogP contribution >= 0.6 is 0 Å². The minimum atomic E-state index is -0.225. The van der Waals surface area contributed by atoms with Gasteiger partial charge in [-0.05, 0) is 47.7 Å². The molecule has 0 heterocycles. The number of hydrogen-bond donors (Lipinski definition) is 1. The molecule has 0 aliphatic carbocycles. The molecule has 1 atom stereocenters. The summed E-state index contributed by atoms with van der Waals surface area (Å²) in [5, 5.41) is 0. The molecule has 1 nitrogen and oxygen atoms in total. The fourth-order valence-electron chi connectivity index (χ4n) is 2.32. The third-order valence-corrected chi connectivity index (χ3v) is 3.31. The van der Waals surface area contributed by atoms with E-state index in [2.05, 4.69) is 19.1 Å². The van der Waals surface area contributed by atoms with Crippen LogP contribution < -0.4 is 5.73 Å². The molecule has 0 amide bonds. The topological polar surface area (TPSA) is 26.0 Å². The highest BCUT2D eigenvalue weighted by atomic mass is 19.1. The summed E-state index contributed by atoms with van der Waals surface area (Å²) in [6.07, 6.45) is 2.20. The molecule has 2 rings (SSSR count). The molecule has 19 heavy (non-hydrogen) atoms. The first-order valence-electron chi connectivity index (χ1n) is 6.76. The van der Waals surface area contributed by atoms with Crippen molar-refractivity contribution in [3.8, 4) is 11.1 Å². The Hall–Kier alpha value is -1.67. The predicted molar refractivity (Wildman–Crippen MR) is 78.4 cm³/mol. The predicted octanol–water partition coefficient (Wildman–Crippen LogP) is 4.46. The molecule has 2 N–H and O–H groups in total. The molecule has 0 saturated carbocycles. The summed E-state index contributed by atoms with van der Waals surface area (Å²) in [4.78, 5) is 0. The van der Waals surface area contributed by atoms with E-state index in [9.17, 15) is 4.39 Å². The van der Waals surface area contributed by atoms with Crippen molar-refractivity contribution in [2.45, 2.75) is 32.7 Å². The summed E-state index contributed by atoms with van der Waals surface area (Å²) < 4.78 is 13.5. The Balaban J connectivity index is 2.42. The van der Waals surface area contributed by atoms with Gasteiger partial charge in [-0.15, -0.1) is 0 Å². The Kier molecular flexibility index (Phi) is 4.33. The van der Waals surface area contributed by atoms with E-state index in [0.29, 0.717) is 0 Å². The average molecular weight is 257 g/mol. The van der Waals surface area contributed by atoms with Crippen LogP contribution in [0.2, 0.25) is 0 Å². The molecule has 2 aromatic carbocycles. The third-order valence-electron chi connectivity index (χ3n) is 3.31. The molecule has 2 aromatic rings. The largest absolute Gasteiger partial charge is 0.324 e. The maximum atomic E-state index is 13.5. The zero-order valence-corrected chi connectivity index (χ0v) is 11.5. The van der Waals surface area contributed by atoms with Crippen molar-refractivity contribution < 1.29 is 4.39 Å². The standard InChI is InChI=1S/C17H20FN/c1-3-4-13-5-7-14(8-6-13)17-11-15(18)9-10-16(17)12(2)19/h5-12H,3-4,19H2,1-2H3. The van der Waals surface area contributed by atoms with Crippen LogP contribution in [0.15, 0.2) is 42.5 Å². The molecule has 2 heteroatoms. The van der Waals surface area contributed by atoms with E-state index in [4.69, 9.17) is 5.73 Å². The van der Waals surface area contributed by atoms with Gasteiger partial charge in [-0.25, -0.2) is 4.39 Å². The number of halogens is 1. The molecule has 0 aromatic heterocycles. The highest BCUT2D eigenvalue weighted by Crippen LogP contribution is 2.28. The fraction of sp³-hybridized carbons (Fsp3) is 0.294. The lowest BCUT2D eigenvalue weighted by atomic mass is 9.94. The van der Waals surface area contributed by atoms with E-state index in [-0.39, 0.29) is 11.9 Å². The van der Waals surface area contributed by atoms with Gasteiger partial charge < -0.3 is 5.73 Å². The van der Waals surface area contributed by atoms with Gasteiger partial charge in [0.2, 0.25) is 0 Å². The molecular weight excluding hydrogens is 237 g/mol. The normalized spacial score (nSPS) is 12.4. The lowest BCUT2D eigenvalue weighted by Gasteiger charge is -2.13. The second-order valence-electron chi connectivity index (χ2n) is 4.97. The highest BCUT2D eigenvalue weighted by molar-refractivity contribution is 5.68. The van der Waals surface area contributed by atoms with E-state index in [1.165, 1.54) is 11.6 Å². The second kappa shape index (κ2) is 5.98. The van der Waals surface area contributed by atoms with Gasteiger partial charge in [-0.2, -0.15) is 0 Å². The summed E-state index contributed by atoms with van der Waals surface area (Å²) in [5.41, 5.74) is 10.2. The van der Waals surface area contributed by atoms with Crippen molar-refractivity contribution in [1.82, 2.24) is 0 Å². The van der Waals surface area contributed by atoms with Crippen LogP contribution in [0.1, 0.15) is 37.4 Å². The highest BCUT2D eigenvalue weighted by Gasteiger charge is 2.10. The second-order valence-corrected chi connectivity index (χ2v) is 4.97. The molecule has 0 fully saturated rings. The molecule has 0 aliphatic rings. The average Bonchev–Trinajstić information content (AvgIpc) is 2.39. The Morgan fingerprint density at radius 3 is 2.37 bits per heavy atom. The lowest BCUT2D eigenvalue weighted by Crippen LogP contribution is -2.07. The van der Waals surface area contributed by atoms with Crippen LogP contribution in [-0.2, 0) is 6.42 Å². The molecule has 0 spiro atoms. The van der Waals surface area contributed by atoms with E-state index in [1.807, 2.05) is 19.1 Å². The lowest BCUT2D eigenvalue weighted by molar-refractivity contribution is 0.626. The summed E-state index contributed by atoms with van der Waals surface area (Å²) in [5.74, 6) is -0.225. The smallest absolute Gasteiger partial charge is 0.123 e. The molecule has 0 saturated heterocycles. The van der Waals surface area contributed by atoms with Gasteiger partial charge in [0.15, 0.2) is 0 Å². The van der Waals surface area contributed by atoms with Gasteiger partial charge in [0.05, 0.1) is 0 Å². The minimum absolute atomic E-state index is 0.106. The van der Waals surface area contributed by atoms with Crippen LogP contribution in [0.4, 0.5) is 4.39 Å². The Labute approximate surface area is 114 Å². The number of aryl methyl sites for hydroxylation is 1. The van der Waals surface area contributed by atoms with Crippen molar-refractivity contribution >= 4 is 0 Å². The Morgan fingerprint density at radius 1 is 1.11 bits per heavy atom. The van der Waals surface area contributed by atoms with Gasteiger partial charge in [0.25, 0.3) is 0 Å². The monoisotopic (exact) mass is 257 g/mol. The van der Waals surface area contributed by atoms with Gasteiger partial charge >= 0.3 is 0 Å². The van der Waals surface area contributed by atoms with Gasteiger partial charge in [0.1, 0.15) is 5.82 Å². The van der Waals surface area contributed by atoms with Crippen LogP contribution in [-0.4, -0.2) is 0 Å². The van der Waals surface area contributed by atoms with Crippen LogP contribution in [0.5, 0.6) is 0 Å². The number of hydrogen-bond acceptors (Lipinski definition) is 1. The number of nitrogens with two attached hydrogens (primary N) is 1. The Morgan fingerprint density at radius 2 is 1.79 bits per heavy atom. The maximum Gasteiger partial charge on any atom is 0.123 e. The maximum absolute atomic E-state index is 13.5. The Bertz CT molecular complexity index is 544. The summed E-state index contributed by atoms with van der Waals surface area (Å²) >= 11 is 0. The summed E-state index contributed by atoms with van der Waals surface area (Å²) in [6.45, 7) is 4.08. The van der Waals surface area contributed by atoms with Crippen molar-refractivity contribution in [3.05, 3.63) is 59.4 Å². The van der Waals surface area contributed by atoms with Crippen LogP contribution in [0.3, 0.4) is 0 Å².